The van der Waals surface area contributed by atoms with Crippen molar-refractivity contribution in [1.82, 2.24) is 9.97 Å². The van der Waals surface area contributed by atoms with E-state index < -0.39 is 0 Å². The Morgan fingerprint density at radius 1 is 1.55 bits per heavy atom. The van der Waals surface area contributed by atoms with Gasteiger partial charge in [0.15, 0.2) is 0 Å². The molecule has 4 nitrogen and oxygen atoms in total. The molecule has 0 unspecified atom stereocenters. The molecule has 11 heavy (non-hydrogen) atoms. The van der Waals surface area contributed by atoms with E-state index in [1.54, 1.807) is 18.6 Å². The fourth-order valence-corrected chi connectivity index (χ4v) is 0.797. The van der Waals surface area contributed by atoms with Crippen molar-refractivity contribution in [1.29, 1.82) is 0 Å². The van der Waals surface area contributed by atoms with E-state index in [2.05, 4.69) is 9.97 Å². The van der Waals surface area contributed by atoms with E-state index >= 15 is 0 Å². The summed E-state index contributed by atoms with van der Waals surface area (Å²) >= 11 is 0. The predicted octanol–water partition coefficient (Wildman–Crippen LogP) is -0.129. The standard InChI is InChI=1S/C7H12N4/c1-11(5-2-8)7-6-9-3-4-10-7/h3-4,6H,2,5,8H2,1H3. The molecule has 0 fully saturated rings. The summed E-state index contributed by atoms with van der Waals surface area (Å²) in [5, 5.41) is 0. The number of nitrogens with zero attached hydrogens (tertiary/aromatic N) is 3. The molecule has 0 aliphatic carbocycles. The van der Waals surface area contributed by atoms with Crippen LogP contribution in [0.1, 0.15) is 0 Å². The zero-order valence-electron chi connectivity index (χ0n) is 6.57. The molecule has 0 aromatic carbocycles. The molecule has 1 heterocycles. The summed E-state index contributed by atoms with van der Waals surface area (Å²) in [7, 11) is 1.94. The van der Waals surface area contributed by atoms with Crippen LogP contribution in [0.5, 0.6) is 0 Å². The minimum absolute atomic E-state index is 0.632. The van der Waals surface area contributed by atoms with Crippen LogP contribution in [-0.4, -0.2) is 30.1 Å². The second-order valence-electron chi connectivity index (χ2n) is 2.27. The van der Waals surface area contributed by atoms with Gasteiger partial charge >= 0.3 is 0 Å². The highest BCUT2D eigenvalue weighted by Crippen LogP contribution is 2.02. The number of rotatable bonds is 3. The van der Waals surface area contributed by atoms with Gasteiger partial charge < -0.3 is 10.6 Å². The Bertz CT molecular complexity index is 199. The predicted molar refractivity (Wildman–Crippen MR) is 44.4 cm³/mol. The Hall–Kier alpha value is -1.16. The number of nitrogens with two attached hydrogens (primary N) is 1. The van der Waals surface area contributed by atoms with Gasteiger partial charge in [-0.3, -0.25) is 4.98 Å². The van der Waals surface area contributed by atoms with Crippen molar-refractivity contribution in [3.63, 3.8) is 0 Å². The van der Waals surface area contributed by atoms with Crippen molar-refractivity contribution in [2.24, 2.45) is 5.73 Å². The van der Waals surface area contributed by atoms with Gasteiger partial charge in [0.2, 0.25) is 0 Å². The third kappa shape index (κ3) is 2.16. The van der Waals surface area contributed by atoms with Crippen molar-refractivity contribution in [2.45, 2.75) is 0 Å². The third-order valence-corrected chi connectivity index (χ3v) is 1.41. The number of likely N-dealkylation sites (N-methyl/N-ethyl adjacent to an activating group) is 1. The van der Waals surface area contributed by atoms with Gasteiger partial charge in [-0.1, -0.05) is 0 Å². The lowest BCUT2D eigenvalue weighted by Crippen LogP contribution is -2.25. The van der Waals surface area contributed by atoms with Crippen LogP contribution < -0.4 is 10.6 Å². The molecule has 0 amide bonds. The van der Waals surface area contributed by atoms with Crippen LogP contribution in [0, 0.1) is 0 Å². The SMILES string of the molecule is CN(CCN)c1cnccn1. The second-order valence-corrected chi connectivity index (χ2v) is 2.27. The van der Waals surface area contributed by atoms with Gasteiger partial charge in [0, 0.05) is 32.5 Å². The Balaban J connectivity index is 2.61. The number of hydrogen-bond donors (Lipinski definition) is 1. The molecule has 0 spiro atoms. The van der Waals surface area contributed by atoms with E-state index in [1.165, 1.54) is 0 Å². The Morgan fingerprint density at radius 2 is 2.36 bits per heavy atom. The minimum atomic E-state index is 0.632. The highest BCUT2D eigenvalue weighted by Gasteiger charge is 1.97. The first kappa shape index (κ1) is 7.94. The zero-order chi connectivity index (χ0) is 8.10. The average molecular weight is 152 g/mol. The van der Waals surface area contributed by atoms with Gasteiger partial charge in [-0.05, 0) is 0 Å². The van der Waals surface area contributed by atoms with Crippen LogP contribution in [0.2, 0.25) is 0 Å². The molecule has 0 radical (unpaired) electrons. The van der Waals surface area contributed by atoms with Crippen LogP contribution in [0.15, 0.2) is 18.6 Å². The Kier molecular flexibility index (Phi) is 2.80. The highest BCUT2D eigenvalue weighted by molar-refractivity contribution is 5.33. The molecule has 1 aromatic heterocycles. The van der Waals surface area contributed by atoms with Crippen LogP contribution >= 0.6 is 0 Å². The lowest BCUT2D eigenvalue weighted by Gasteiger charge is -2.15. The Morgan fingerprint density at radius 3 is 2.91 bits per heavy atom. The molecule has 0 atom stereocenters. The molecule has 60 valence electrons. The largest absolute Gasteiger partial charge is 0.357 e. The van der Waals surface area contributed by atoms with Crippen molar-refractivity contribution in [3.8, 4) is 0 Å². The molecule has 0 saturated heterocycles. The molecular weight excluding hydrogens is 140 g/mol. The molecule has 0 aliphatic heterocycles. The minimum Gasteiger partial charge on any atom is -0.357 e. The monoisotopic (exact) mass is 152 g/mol. The van der Waals surface area contributed by atoms with Gasteiger partial charge in [-0.15, -0.1) is 0 Å². The molecular formula is C7H12N4. The smallest absolute Gasteiger partial charge is 0.146 e. The quantitative estimate of drug-likeness (QED) is 0.655. The first-order valence-corrected chi connectivity index (χ1v) is 3.52. The zero-order valence-corrected chi connectivity index (χ0v) is 6.57. The topological polar surface area (TPSA) is 55.0 Å². The molecule has 0 aliphatic rings. The first-order chi connectivity index (χ1) is 5.34. The number of hydrogen-bond acceptors (Lipinski definition) is 4. The normalized spacial score (nSPS) is 9.64. The van der Waals surface area contributed by atoms with E-state index in [0.29, 0.717) is 6.54 Å². The Labute approximate surface area is 66.1 Å². The molecule has 1 rings (SSSR count). The molecule has 4 heteroatoms. The summed E-state index contributed by atoms with van der Waals surface area (Å²) in [6.07, 6.45) is 5.04. The van der Waals surface area contributed by atoms with Crippen LogP contribution in [-0.2, 0) is 0 Å². The molecule has 1 aromatic rings. The second kappa shape index (κ2) is 3.88. The lowest BCUT2D eigenvalue weighted by atomic mass is 10.5. The number of anilines is 1. The van der Waals surface area contributed by atoms with Crippen LogP contribution in [0.3, 0.4) is 0 Å². The fourth-order valence-electron chi connectivity index (χ4n) is 0.797. The first-order valence-electron chi connectivity index (χ1n) is 3.52. The molecule has 0 bridgehead atoms. The maximum absolute atomic E-state index is 5.38. The van der Waals surface area contributed by atoms with Crippen molar-refractivity contribution in [2.75, 3.05) is 25.0 Å². The average Bonchev–Trinajstić information content (AvgIpc) is 2.07. The fraction of sp³-hybridized carbons (Fsp3) is 0.429. The maximum atomic E-state index is 5.38. The van der Waals surface area contributed by atoms with E-state index in [1.807, 2.05) is 11.9 Å². The number of aromatic nitrogens is 2. The van der Waals surface area contributed by atoms with Crippen molar-refractivity contribution >= 4 is 5.82 Å². The van der Waals surface area contributed by atoms with Gasteiger partial charge in [0.25, 0.3) is 0 Å². The maximum Gasteiger partial charge on any atom is 0.146 e. The summed E-state index contributed by atoms with van der Waals surface area (Å²) in [5.74, 6) is 0.859. The summed E-state index contributed by atoms with van der Waals surface area (Å²) in [6, 6.07) is 0. The van der Waals surface area contributed by atoms with Crippen molar-refractivity contribution < 1.29 is 0 Å². The highest BCUT2D eigenvalue weighted by atomic mass is 15.2. The lowest BCUT2D eigenvalue weighted by molar-refractivity contribution is 0.863. The van der Waals surface area contributed by atoms with Crippen LogP contribution in [0.25, 0.3) is 0 Å². The molecule has 0 saturated carbocycles. The van der Waals surface area contributed by atoms with Gasteiger partial charge in [-0.2, -0.15) is 0 Å². The molecule has 2 N–H and O–H groups in total. The van der Waals surface area contributed by atoms with Crippen LogP contribution in [0.4, 0.5) is 5.82 Å². The van der Waals surface area contributed by atoms with Gasteiger partial charge in [-0.25, -0.2) is 4.98 Å². The van der Waals surface area contributed by atoms with E-state index in [-0.39, 0.29) is 0 Å². The van der Waals surface area contributed by atoms with E-state index in [0.717, 1.165) is 12.4 Å². The summed E-state index contributed by atoms with van der Waals surface area (Å²) < 4.78 is 0. The summed E-state index contributed by atoms with van der Waals surface area (Å²) in [6.45, 7) is 1.44. The van der Waals surface area contributed by atoms with Gasteiger partial charge in [0.1, 0.15) is 5.82 Å². The third-order valence-electron chi connectivity index (χ3n) is 1.41. The summed E-state index contributed by atoms with van der Waals surface area (Å²) in [4.78, 5) is 10.0. The van der Waals surface area contributed by atoms with Crippen molar-refractivity contribution in [3.05, 3.63) is 18.6 Å². The van der Waals surface area contributed by atoms with E-state index in [4.69, 9.17) is 5.73 Å². The van der Waals surface area contributed by atoms with E-state index in [9.17, 15) is 0 Å². The summed E-state index contributed by atoms with van der Waals surface area (Å²) in [5.41, 5.74) is 5.38. The van der Waals surface area contributed by atoms with Gasteiger partial charge in [0.05, 0.1) is 6.20 Å².